The minimum atomic E-state index is 0.493. The Morgan fingerprint density at radius 2 is 1.85 bits per heavy atom. The molecule has 8 nitrogen and oxygen atoms in total. The van der Waals surface area contributed by atoms with E-state index in [0.29, 0.717) is 5.92 Å². The van der Waals surface area contributed by atoms with Gasteiger partial charge in [0.25, 0.3) is 0 Å². The molecular weight excluding hydrogens is 340 g/mol. The maximum atomic E-state index is 4.74. The fourth-order valence-electron chi connectivity index (χ4n) is 4.51. The molecule has 8 heteroatoms. The van der Waals surface area contributed by atoms with Crippen molar-refractivity contribution in [2.75, 3.05) is 18.0 Å². The topological polar surface area (TPSA) is 77.5 Å². The number of aromatic nitrogens is 7. The van der Waals surface area contributed by atoms with Gasteiger partial charge in [-0.3, -0.25) is 4.68 Å². The van der Waals surface area contributed by atoms with Gasteiger partial charge in [-0.15, -0.1) is 10.2 Å². The number of fused-ring (bicyclic) bond motifs is 2. The summed E-state index contributed by atoms with van der Waals surface area (Å²) in [5.41, 5.74) is 0.905. The van der Waals surface area contributed by atoms with Gasteiger partial charge >= 0.3 is 0 Å². The Hall–Kier alpha value is -2.51. The Balaban J connectivity index is 1.38. The molecule has 2 aliphatic rings. The second-order valence-corrected chi connectivity index (χ2v) is 7.80. The van der Waals surface area contributed by atoms with Gasteiger partial charge in [0.2, 0.25) is 0 Å². The summed E-state index contributed by atoms with van der Waals surface area (Å²) in [7, 11) is 1.93. The van der Waals surface area contributed by atoms with Gasteiger partial charge in [0, 0.05) is 39.0 Å². The highest BCUT2D eigenvalue weighted by Crippen LogP contribution is 2.32. The van der Waals surface area contributed by atoms with Crippen LogP contribution in [0.4, 0.5) is 5.82 Å². The Morgan fingerprint density at radius 3 is 2.70 bits per heavy atom. The molecule has 0 amide bonds. The zero-order chi connectivity index (χ0) is 18.4. The van der Waals surface area contributed by atoms with Gasteiger partial charge < -0.3 is 9.47 Å². The average Bonchev–Trinajstić information content (AvgIpc) is 3.17. The van der Waals surface area contributed by atoms with Crippen LogP contribution in [-0.4, -0.2) is 47.6 Å². The van der Waals surface area contributed by atoms with Crippen molar-refractivity contribution >= 4 is 16.9 Å². The van der Waals surface area contributed by atoms with Crippen LogP contribution in [0.3, 0.4) is 0 Å². The van der Waals surface area contributed by atoms with E-state index in [1.54, 1.807) is 0 Å². The van der Waals surface area contributed by atoms with Gasteiger partial charge in [0.15, 0.2) is 5.65 Å². The van der Waals surface area contributed by atoms with Crippen molar-refractivity contribution in [1.29, 1.82) is 0 Å². The van der Waals surface area contributed by atoms with Crippen molar-refractivity contribution in [3.63, 3.8) is 0 Å². The van der Waals surface area contributed by atoms with E-state index in [2.05, 4.69) is 29.7 Å². The first-order valence-corrected chi connectivity index (χ1v) is 10.0. The summed E-state index contributed by atoms with van der Waals surface area (Å²) >= 11 is 0. The van der Waals surface area contributed by atoms with Gasteiger partial charge in [-0.05, 0) is 32.6 Å². The second-order valence-electron chi connectivity index (χ2n) is 7.80. The molecule has 1 fully saturated rings. The Labute approximate surface area is 158 Å². The summed E-state index contributed by atoms with van der Waals surface area (Å²) in [5, 5.41) is 14.5. The first-order chi connectivity index (χ1) is 13.2. The molecule has 0 unspecified atom stereocenters. The van der Waals surface area contributed by atoms with E-state index in [9.17, 15) is 0 Å². The monoisotopic (exact) mass is 366 g/mol. The molecule has 5 rings (SSSR count). The summed E-state index contributed by atoms with van der Waals surface area (Å²) in [4.78, 5) is 11.7. The molecule has 142 valence electrons. The normalized spacial score (nSPS) is 18.7. The smallest absolute Gasteiger partial charge is 0.163 e. The first kappa shape index (κ1) is 16.6. The van der Waals surface area contributed by atoms with Gasteiger partial charge in [0.1, 0.15) is 23.3 Å². The van der Waals surface area contributed by atoms with Crippen LogP contribution in [0, 0.1) is 6.92 Å². The molecule has 27 heavy (non-hydrogen) atoms. The van der Waals surface area contributed by atoms with Gasteiger partial charge in [-0.25, -0.2) is 9.97 Å². The minimum absolute atomic E-state index is 0.493. The molecule has 2 aliphatic heterocycles. The number of nitrogens with zero attached hydrogens (tertiary/aromatic N) is 8. The highest BCUT2D eigenvalue weighted by atomic mass is 15.3. The molecule has 0 atom stereocenters. The number of rotatable bonds is 2. The van der Waals surface area contributed by atoms with E-state index in [-0.39, 0.29) is 0 Å². The number of hydrogen-bond donors (Lipinski definition) is 0. The van der Waals surface area contributed by atoms with E-state index < -0.39 is 0 Å². The maximum absolute atomic E-state index is 4.74. The van der Waals surface area contributed by atoms with Gasteiger partial charge in [-0.2, -0.15) is 5.10 Å². The third-order valence-electron chi connectivity index (χ3n) is 5.98. The predicted molar refractivity (Wildman–Crippen MR) is 103 cm³/mol. The summed E-state index contributed by atoms with van der Waals surface area (Å²) in [6, 6.07) is 0. The molecule has 5 heterocycles. The third-order valence-corrected chi connectivity index (χ3v) is 5.98. The third kappa shape index (κ3) is 2.87. The molecule has 1 saturated heterocycles. The lowest BCUT2D eigenvalue weighted by Crippen LogP contribution is -2.34. The zero-order valence-corrected chi connectivity index (χ0v) is 16.1. The van der Waals surface area contributed by atoms with Crippen LogP contribution in [0.15, 0.2) is 6.20 Å². The molecular formula is C19H26N8. The molecule has 0 radical (unpaired) electrons. The SMILES string of the molecule is Cc1nc(N2CCC(c3nnc4n3CCCCC4)CC2)c2cnn(C)c2n1. The van der Waals surface area contributed by atoms with Crippen LogP contribution in [0.25, 0.3) is 11.0 Å². The molecule has 0 N–H and O–H groups in total. The second kappa shape index (κ2) is 6.58. The number of anilines is 1. The van der Waals surface area contributed by atoms with Gasteiger partial charge in [-0.1, -0.05) is 6.42 Å². The van der Waals surface area contributed by atoms with E-state index in [1.807, 2.05) is 24.9 Å². The Morgan fingerprint density at radius 1 is 1.00 bits per heavy atom. The number of piperidine rings is 1. The zero-order valence-electron chi connectivity index (χ0n) is 16.1. The lowest BCUT2D eigenvalue weighted by molar-refractivity contribution is 0.458. The maximum Gasteiger partial charge on any atom is 0.163 e. The van der Waals surface area contributed by atoms with E-state index in [0.717, 1.165) is 61.6 Å². The number of aryl methyl sites for hydroxylation is 3. The quantitative estimate of drug-likeness (QED) is 0.693. The van der Waals surface area contributed by atoms with Gasteiger partial charge in [0.05, 0.1) is 11.6 Å². The molecule has 3 aromatic heterocycles. The van der Waals surface area contributed by atoms with Crippen molar-refractivity contribution in [3.05, 3.63) is 23.7 Å². The lowest BCUT2D eigenvalue weighted by atomic mass is 9.95. The molecule has 0 aliphatic carbocycles. The molecule has 0 bridgehead atoms. The highest BCUT2D eigenvalue weighted by Gasteiger charge is 2.28. The molecule has 0 spiro atoms. The van der Waals surface area contributed by atoms with E-state index in [4.69, 9.17) is 4.98 Å². The van der Waals surface area contributed by atoms with Crippen molar-refractivity contribution in [3.8, 4) is 0 Å². The van der Waals surface area contributed by atoms with Crippen LogP contribution in [-0.2, 0) is 20.0 Å². The fraction of sp³-hybridized carbons (Fsp3) is 0.632. The fourth-order valence-corrected chi connectivity index (χ4v) is 4.51. The predicted octanol–water partition coefficient (Wildman–Crippen LogP) is 2.37. The molecule has 3 aromatic rings. The summed E-state index contributed by atoms with van der Waals surface area (Å²) in [6.45, 7) is 4.99. The van der Waals surface area contributed by atoms with E-state index >= 15 is 0 Å². The average molecular weight is 366 g/mol. The minimum Gasteiger partial charge on any atom is -0.356 e. The van der Waals surface area contributed by atoms with E-state index in [1.165, 1.54) is 30.9 Å². The largest absolute Gasteiger partial charge is 0.356 e. The van der Waals surface area contributed by atoms with Crippen LogP contribution in [0.1, 0.15) is 55.5 Å². The summed E-state index contributed by atoms with van der Waals surface area (Å²) in [5.74, 6) is 4.70. The number of hydrogen-bond acceptors (Lipinski definition) is 6. The van der Waals surface area contributed by atoms with Crippen LogP contribution in [0.2, 0.25) is 0 Å². The van der Waals surface area contributed by atoms with Crippen molar-refractivity contribution in [1.82, 2.24) is 34.5 Å². The first-order valence-electron chi connectivity index (χ1n) is 10.0. The summed E-state index contributed by atoms with van der Waals surface area (Å²) in [6.07, 6.45) is 8.92. The van der Waals surface area contributed by atoms with Crippen molar-refractivity contribution in [2.45, 2.75) is 57.9 Å². The summed E-state index contributed by atoms with van der Waals surface area (Å²) < 4.78 is 4.23. The van der Waals surface area contributed by atoms with Crippen LogP contribution >= 0.6 is 0 Å². The van der Waals surface area contributed by atoms with Crippen molar-refractivity contribution in [2.24, 2.45) is 7.05 Å². The highest BCUT2D eigenvalue weighted by molar-refractivity contribution is 5.87. The Kier molecular flexibility index (Phi) is 4.06. The van der Waals surface area contributed by atoms with Crippen LogP contribution in [0.5, 0.6) is 0 Å². The standard InChI is InChI=1S/C19H26N8/c1-13-21-18-15(12-20-25(18)2)19(22-13)26-10-7-14(8-11-26)17-24-23-16-6-4-3-5-9-27(16)17/h12,14H,3-11H2,1-2H3. The Bertz CT molecular complexity index is 964. The molecule has 0 saturated carbocycles. The van der Waals surface area contributed by atoms with Crippen LogP contribution < -0.4 is 4.90 Å². The molecule has 0 aromatic carbocycles. The van der Waals surface area contributed by atoms with Crippen molar-refractivity contribution < 1.29 is 0 Å². The lowest BCUT2D eigenvalue weighted by Gasteiger charge is -2.32.